The third kappa shape index (κ3) is 10.9. The molecule has 0 radical (unpaired) electrons. The van der Waals surface area contributed by atoms with E-state index in [1.54, 1.807) is 0 Å². The first-order valence-electron chi connectivity index (χ1n) is 7.18. The third-order valence-electron chi connectivity index (χ3n) is 3.60. The Balaban J connectivity index is 0. The molecule has 0 atom stereocenters. The van der Waals surface area contributed by atoms with Gasteiger partial charge in [0, 0.05) is 18.4 Å². The normalized spacial score (nSPS) is 13.0. The second-order valence-corrected chi connectivity index (χ2v) is 7.57. The maximum absolute atomic E-state index is 11.9. The van der Waals surface area contributed by atoms with Crippen LogP contribution in [0.4, 0.5) is 0 Å². The van der Waals surface area contributed by atoms with E-state index in [1.165, 1.54) is 0 Å². The summed E-state index contributed by atoms with van der Waals surface area (Å²) in [6.45, 7) is 14.9. The van der Waals surface area contributed by atoms with Crippen LogP contribution in [0, 0.1) is 5.41 Å². The predicted octanol–water partition coefficient (Wildman–Crippen LogP) is 1.35. The summed E-state index contributed by atoms with van der Waals surface area (Å²) in [5, 5.41) is 4.31. The summed E-state index contributed by atoms with van der Waals surface area (Å²) in [6.07, 6.45) is 2.25. The van der Waals surface area contributed by atoms with Gasteiger partial charge in [0.2, 0.25) is 0 Å². The van der Waals surface area contributed by atoms with Crippen LogP contribution in [0.25, 0.3) is 5.32 Å². The smallest absolute Gasteiger partial charge is 0.660 e. The number of rotatable bonds is 8. The SMILES string of the molecule is C[N-]C(C)(C)CCOC(C)(C)CCC(=O)C(C)(C)C.[K+]. The Hall–Kier alpha value is 1.23. The molecular weight excluding hydrogens is 277 g/mol. The summed E-state index contributed by atoms with van der Waals surface area (Å²) < 4.78 is 5.92. The minimum atomic E-state index is -0.251. The van der Waals surface area contributed by atoms with Crippen LogP contribution in [0.2, 0.25) is 0 Å². The van der Waals surface area contributed by atoms with Gasteiger partial charge in [-0.15, -0.1) is 5.54 Å². The fourth-order valence-electron chi connectivity index (χ4n) is 1.55. The van der Waals surface area contributed by atoms with Gasteiger partial charge in [0.15, 0.2) is 0 Å². The van der Waals surface area contributed by atoms with Crippen molar-refractivity contribution in [2.75, 3.05) is 13.7 Å². The standard InChI is InChI=1S/C16H32NO2.K/c1-14(2,3)13(18)9-10-16(6,7)19-12-11-15(4,5)17-8;/h9-12H2,1-8H3;/q-1;+1. The summed E-state index contributed by atoms with van der Waals surface area (Å²) in [5.74, 6) is 0.299. The number of Topliss-reactive ketones (excluding diaryl/α,β-unsaturated/α-hetero) is 1. The molecule has 0 unspecified atom stereocenters. The van der Waals surface area contributed by atoms with Crippen molar-refractivity contribution in [1.82, 2.24) is 0 Å². The number of hydrogen-bond donors (Lipinski definition) is 0. The van der Waals surface area contributed by atoms with Crippen LogP contribution in [-0.4, -0.2) is 30.6 Å². The molecule has 0 saturated carbocycles. The summed E-state index contributed by atoms with van der Waals surface area (Å²) in [7, 11) is 1.84. The number of ketones is 1. The molecule has 0 saturated heterocycles. The van der Waals surface area contributed by atoms with Crippen LogP contribution in [0.15, 0.2) is 0 Å². The monoisotopic (exact) mass is 309 g/mol. The zero-order valence-electron chi connectivity index (χ0n) is 15.1. The van der Waals surface area contributed by atoms with Gasteiger partial charge in [-0.1, -0.05) is 34.6 Å². The van der Waals surface area contributed by atoms with Crippen LogP contribution in [-0.2, 0) is 9.53 Å². The minimum absolute atomic E-state index is 0. The second kappa shape index (κ2) is 9.38. The Morgan fingerprint density at radius 3 is 1.90 bits per heavy atom. The number of ether oxygens (including phenoxy) is 1. The van der Waals surface area contributed by atoms with Gasteiger partial charge in [0.1, 0.15) is 5.78 Å². The van der Waals surface area contributed by atoms with Gasteiger partial charge in [0.05, 0.1) is 5.60 Å². The van der Waals surface area contributed by atoms with Crippen LogP contribution < -0.4 is 51.4 Å². The Kier molecular flexibility index (Phi) is 11.0. The Labute approximate surface area is 168 Å². The molecule has 0 aromatic heterocycles. The predicted molar refractivity (Wildman–Crippen MR) is 81.7 cm³/mol. The van der Waals surface area contributed by atoms with Crippen LogP contribution in [0.1, 0.15) is 67.7 Å². The quantitative estimate of drug-likeness (QED) is 0.635. The number of carbonyl (C=O) groups is 1. The van der Waals surface area contributed by atoms with Gasteiger partial charge in [-0.3, -0.25) is 4.79 Å². The molecule has 0 fully saturated rings. The molecule has 20 heavy (non-hydrogen) atoms. The Morgan fingerprint density at radius 2 is 1.50 bits per heavy atom. The van der Waals surface area contributed by atoms with Gasteiger partial charge >= 0.3 is 51.4 Å². The van der Waals surface area contributed by atoms with Crippen molar-refractivity contribution in [2.24, 2.45) is 5.41 Å². The van der Waals surface area contributed by atoms with Crippen LogP contribution in [0.5, 0.6) is 0 Å². The van der Waals surface area contributed by atoms with E-state index in [0.717, 1.165) is 12.8 Å². The fourth-order valence-corrected chi connectivity index (χ4v) is 1.55. The average Bonchev–Trinajstić information content (AvgIpc) is 2.24. The molecular formula is C16H32KNO2. The van der Waals surface area contributed by atoms with Crippen molar-refractivity contribution in [3.63, 3.8) is 0 Å². The van der Waals surface area contributed by atoms with Crippen LogP contribution >= 0.6 is 0 Å². The molecule has 3 nitrogen and oxygen atoms in total. The van der Waals surface area contributed by atoms with E-state index in [-0.39, 0.29) is 67.9 Å². The third-order valence-corrected chi connectivity index (χ3v) is 3.60. The summed E-state index contributed by atoms with van der Waals surface area (Å²) in [5.41, 5.74) is -0.527. The van der Waals surface area contributed by atoms with E-state index in [0.29, 0.717) is 18.8 Å². The van der Waals surface area contributed by atoms with Gasteiger partial charge in [-0.05, 0) is 26.7 Å². The van der Waals surface area contributed by atoms with Crippen LogP contribution in [0.3, 0.4) is 0 Å². The minimum Gasteiger partial charge on any atom is -0.660 e. The number of carbonyl (C=O) groups excluding carboxylic acids is 1. The van der Waals surface area contributed by atoms with E-state index in [9.17, 15) is 4.79 Å². The van der Waals surface area contributed by atoms with Crippen molar-refractivity contribution in [3.8, 4) is 0 Å². The molecule has 114 valence electrons. The largest absolute Gasteiger partial charge is 1.00 e. The maximum atomic E-state index is 11.9. The second-order valence-electron chi connectivity index (χ2n) is 7.57. The number of hydrogen-bond acceptors (Lipinski definition) is 2. The average molecular weight is 310 g/mol. The first-order valence-corrected chi connectivity index (χ1v) is 7.18. The molecule has 0 heterocycles. The molecule has 0 spiro atoms. The van der Waals surface area contributed by atoms with E-state index in [2.05, 4.69) is 33.0 Å². The van der Waals surface area contributed by atoms with Crippen molar-refractivity contribution >= 4 is 5.78 Å². The molecule has 0 rings (SSSR count). The van der Waals surface area contributed by atoms with Crippen molar-refractivity contribution in [1.29, 1.82) is 0 Å². The first-order chi connectivity index (χ1) is 8.40. The molecule has 0 aromatic rings. The molecule has 0 amide bonds. The first kappa shape index (κ1) is 23.5. The van der Waals surface area contributed by atoms with E-state index in [4.69, 9.17) is 4.74 Å². The fraction of sp³-hybridized carbons (Fsp3) is 0.938. The Morgan fingerprint density at radius 1 is 1.00 bits per heavy atom. The van der Waals surface area contributed by atoms with Gasteiger partial charge in [0.25, 0.3) is 0 Å². The summed E-state index contributed by atoms with van der Waals surface area (Å²) in [4.78, 5) is 11.9. The van der Waals surface area contributed by atoms with Crippen molar-refractivity contribution in [2.45, 2.75) is 78.9 Å². The number of nitrogens with zero attached hydrogens (tertiary/aromatic N) is 1. The molecule has 0 aliphatic heterocycles. The molecule has 0 bridgehead atoms. The van der Waals surface area contributed by atoms with Gasteiger partial charge < -0.3 is 10.1 Å². The maximum Gasteiger partial charge on any atom is 1.00 e. The summed E-state index contributed by atoms with van der Waals surface area (Å²) in [6, 6.07) is 0. The molecule has 0 aliphatic rings. The van der Waals surface area contributed by atoms with E-state index < -0.39 is 0 Å². The van der Waals surface area contributed by atoms with Gasteiger partial charge in [-0.25, -0.2) is 0 Å². The van der Waals surface area contributed by atoms with E-state index >= 15 is 0 Å². The zero-order valence-corrected chi connectivity index (χ0v) is 18.2. The Bertz CT molecular complexity index is 293. The topological polar surface area (TPSA) is 40.4 Å². The molecule has 4 heteroatoms. The molecule has 0 N–H and O–H groups in total. The van der Waals surface area contributed by atoms with Crippen molar-refractivity contribution < 1.29 is 60.9 Å². The zero-order chi connectivity index (χ0) is 15.3. The van der Waals surface area contributed by atoms with E-state index in [1.807, 2.05) is 27.8 Å². The van der Waals surface area contributed by atoms with Gasteiger partial charge in [-0.2, -0.15) is 7.05 Å². The van der Waals surface area contributed by atoms with Crippen molar-refractivity contribution in [3.05, 3.63) is 5.32 Å². The summed E-state index contributed by atoms with van der Waals surface area (Å²) >= 11 is 0. The molecule has 0 aromatic carbocycles. The molecule has 0 aliphatic carbocycles.